The van der Waals surface area contributed by atoms with Gasteiger partial charge in [0.15, 0.2) is 5.60 Å². The van der Waals surface area contributed by atoms with Crippen LogP contribution in [0, 0.1) is 0 Å². The van der Waals surface area contributed by atoms with Crippen LogP contribution in [0.2, 0.25) is 0 Å². The van der Waals surface area contributed by atoms with Crippen molar-refractivity contribution in [2.24, 2.45) is 5.73 Å². The van der Waals surface area contributed by atoms with Crippen molar-refractivity contribution in [3.05, 3.63) is 35.6 Å². The SMILES string of the molecule is C=C1OC2(CC2)C(=O)N(C(C)C(=O)O)/C1=C/C(N)=C(\C)F. The van der Waals surface area contributed by atoms with E-state index in [2.05, 4.69) is 6.58 Å². The molecule has 1 unspecified atom stereocenters. The molecular weight excluding hydrogens is 279 g/mol. The zero-order chi connectivity index (χ0) is 15.9. The molecule has 0 aromatic carbocycles. The van der Waals surface area contributed by atoms with Gasteiger partial charge in [-0.15, -0.1) is 0 Å². The Morgan fingerprint density at radius 1 is 1.62 bits per heavy atom. The van der Waals surface area contributed by atoms with Gasteiger partial charge in [0, 0.05) is 12.8 Å². The zero-order valence-corrected chi connectivity index (χ0v) is 11.9. The number of hydrogen-bond acceptors (Lipinski definition) is 4. The number of hydrogen-bond donors (Lipinski definition) is 2. The van der Waals surface area contributed by atoms with E-state index in [1.54, 1.807) is 0 Å². The normalized spacial score (nSPS) is 24.7. The summed E-state index contributed by atoms with van der Waals surface area (Å²) in [4.78, 5) is 24.8. The fraction of sp³-hybridized carbons (Fsp3) is 0.429. The molecule has 1 aliphatic heterocycles. The fourth-order valence-corrected chi connectivity index (χ4v) is 2.12. The molecule has 0 aromatic rings. The van der Waals surface area contributed by atoms with Gasteiger partial charge in [0.2, 0.25) is 0 Å². The number of allylic oxidation sites excluding steroid dienone is 2. The third-order valence-corrected chi connectivity index (χ3v) is 3.61. The predicted molar refractivity (Wildman–Crippen MR) is 72.2 cm³/mol. The maximum absolute atomic E-state index is 13.1. The van der Waals surface area contributed by atoms with Crippen LogP contribution in [0.25, 0.3) is 0 Å². The van der Waals surface area contributed by atoms with E-state index < -0.39 is 29.3 Å². The summed E-state index contributed by atoms with van der Waals surface area (Å²) in [6.45, 7) is 6.22. The molecule has 1 aliphatic carbocycles. The van der Waals surface area contributed by atoms with Crippen LogP contribution in [-0.2, 0) is 14.3 Å². The number of rotatable bonds is 3. The van der Waals surface area contributed by atoms with Gasteiger partial charge in [0.1, 0.15) is 17.6 Å². The molecule has 1 heterocycles. The lowest BCUT2D eigenvalue weighted by Gasteiger charge is -2.38. The van der Waals surface area contributed by atoms with Crippen LogP contribution in [0.1, 0.15) is 26.7 Å². The second-order valence-corrected chi connectivity index (χ2v) is 5.23. The number of carboxylic acid groups (broad SMARTS) is 1. The van der Waals surface area contributed by atoms with E-state index in [-0.39, 0.29) is 17.2 Å². The van der Waals surface area contributed by atoms with Gasteiger partial charge in [0.05, 0.1) is 11.4 Å². The van der Waals surface area contributed by atoms with Crippen molar-refractivity contribution in [1.29, 1.82) is 0 Å². The molecule has 1 atom stereocenters. The third-order valence-electron chi connectivity index (χ3n) is 3.61. The standard InChI is InChI=1S/C14H17FN2O4/c1-7(15)10(16)6-11-9(3)21-14(4-5-14)13(20)17(11)8(2)12(18)19/h6,8H,3-5,16H2,1-2H3,(H,18,19)/b10-7-,11-6+. The minimum absolute atomic E-state index is 0.0712. The molecular formula is C14H17FN2O4. The molecule has 1 spiro atoms. The van der Waals surface area contributed by atoms with Crippen LogP contribution in [0.4, 0.5) is 4.39 Å². The van der Waals surface area contributed by atoms with Crippen molar-refractivity contribution in [1.82, 2.24) is 4.90 Å². The first-order valence-corrected chi connectivity index (χ1v) is 6.48. The Labute approximate surface area is 121 Å². The molecule has 2 rings (SSSR count). The van der Waals surface area contributed by atoms with Gasteiger partial charge in [-0.3, -0.25) is 9.69 Å². The Morgan fingerprint density at radius 3 is 2.62 bits per heavy atom. The van der Waals surface area contributed by atoms with Gasteiger partial charge in [-0.25, -0.2) is 9.18 Å². The minimum Gasteiger partial charge on any atom is -0.480 e. The molecule has 7 heteroatoms. The highest BCUT2D eigenvalue weighted by Crippen LogP contribution is 2.48. The number of nitrogens with two attached hydrogens (primary N) is 1. The summed E-state index contributed by atoms with van der Waals surface area (Å²) in [7, 11) is 0. The number of halogens is 1. The number of ether oxygens (including phenoxy) is 1. The number of nitrogens with zero attached hydrogens (tertiary/aromatic N) is 1. The molecule has 0 aromatic heterocycles. The second kappa shape index (κ2) is 4.91. The highest BCUT2D eigenvalue weighted by Gasteiger charge is 2.59. The molecule has 3 N–H and O–H groups in total. The van der Waals surface area contributed by atoms with E-state index in [4.69, 9.17) is 10.5 Å². The smallest absolute Gasteiger partial charge is 0.326 e. The average molecular weight is 296 g/mol. The average Bonchev–Trinajstić information content (AvgIpc) is 3.16. The quantitative estimate of drug-likeness (QED) is 0.821. The first-order valence-electron chi connectivity index (χ1n) is 6.48. The van der Waals surface area contributed by atoms with Crippen LogP contribution in [0.5, 0.6) is 0 Å². The number of carbonyl (C=O) groups excluding carboxylic acids is 1. The summed E-state index contributed by atoms with van der Waals surface area (Å²) >= 11 is 0. The summed E-state index contributed by atoms with van der Waals surface area (Å²) in [5.41, 5.74) is 4.37. The van der Waals surface area contributed by atoms with Crippen molar-refractivity contribution >= 4 is 11.9 Å². The fourth-order valence-electron chi connectivity index (χ4n) is 2.12. The molecule has 1 amide bonds. The lowest BCUT2D eigenvalue weighted by Crippen LogP contribution is -2.52. The maximum atomic E-state index is 13.1. The number of morpholine rings is 1. The van der Waals surface area contributed by atoms with Gasteiger partial charge in [-0.05, 0) is 19.9 Å². The molecule has 1 saturated carbocycles. The van der Waals surface area contributed by atoms with Crippen molar-refractivity contribution in [2.45, 2.75) is 38.3 Å². The largest absolute Gasteiger partial charge is 0.480 e. The second-order valence-electron chi connectivity index (χ2n) is 5.23. The van der Waals surface area contributed by atoms with Gasteiger partial charge in [-0.1, -0.05) is 6.58 Å². The Hall–Kier alpha value is -2.31. The van der Waals surface area contributed by atoms with E-state index in [1.807, 2.05) is 0 Å². The monoisotopic (exact) mass is 296 g/mol. The third kappa shape index (κ3) is 2.51. The minimum atomic E-state index is -1.18. The van der Waals surface area contributed by atoms with Crippen LogP contribution in [0.3, 0.4) is 0 Å². The lowest BCUT2D eigenvalue weighted by atomic mass is 10.1. The first-order chi connectivity index (χ1) is 9.69. The van der Waals surface area contributed by atoms with Crippen molar-refractivity contribution in [3.63, 3.8) is 0 Å². The van der Waals surface area contributed by atoms with Crippen molar-refractivity contribution < 1.29 is 23.8 Å². The topological polar surface area (TPSA) is 92.9 Å². The molecule has 2 aliphatic rings. The summed E-state index contributed by atoms with van der Waals surface area (Å²) in [6, 6.07) is -1.13. The van der Waals surface area contributed by atoms with Gasteiger partial charge >= 0.3 is 5.97 Å². The highest BCUT2D eigenvalue weighted by molar-refractivity contribution is 5.94. The molecule has 114 valence electrons. The summed E-state index contributed by atoms with van der Waals surface area (Å²) < 4.78 is 18.6. The van der Waals surface area contributed by atoms with Crippen LogP contribution in [0.15, 0.2) is 35.6 Å². The van der Waals surface area contributed by atoms with E-state index in [0.29, 0.717) is 12.8 Å². The summed E-state index contributed by atoms with van der Waals surface area (Å²) in [5.74, 6) is -2.17. The van der Waals surface area contributed by atoms with E-state index in [1.165, 1.54) is 13.0 Å². The maximum Gasteiger partial charge on any atom is 0.326 e. The highest BCUT2D eigenvalue weighted by atomic mass is 19.1. The number of amides is 1. The van der Waals surface area contributed by atoms with E-state index in [9.17, 15) is 19.1 Å². The van der Waals surface area contributed by atoms with E-state index in [0.717, 1.165) is 11.8 Å². The van der Waals surface area contributed by atoms with E-state index >= 15 is 0 Å². The van der Waals surface area contributed by atoms with Crippen LogP contribution in [-0.4, -0.2) is 33.5 Å². The molecule has 21 heavy (non-hydrogen) atoms. The van der Waals surface area contributed by atoms with Crippen LogP contribution >= 0.6 is 0 Å². The number of carbonyl (C=O) groups is 2. The number of aliphatic carboxylic acids is 1. The van der Waals surface area contributed by atoms with Gasteiger partial charge < -0.3 is 15.6 Å². The Balaban J connectivity index is 2.49. The Bertz CT molecular complexity index is 586. The molecule has 0 bridgehead atoms. The first kappa shape index (κ1) is 15.1. The predicted octanol–water partition coefficient (Wildman–Crippen LogP) is 1.41. The molecule has 1 saturated heterocycles. The zero-order valence-electron chi connectivity index (χ0n) is 11.9. The van der Waals surface area contributed by atoms with Gasteiger partial charge in [-0.2, -0.15) is 0 Å². The molecule has 2 fully saturated rings. The Morgan fingerprint density at radius 2 is 2.19 bits per heavy atom. The lowest BCUT2D eigenvalue weighted by molar-refractivity contribution is -0.157. The Kier molecular flexibility index (Phi) is 3.52. The van der Waals surface area contributed by atoms with Crippen molar-refractivity contribution in [2.75, 3.05) is 0 Å². The molecule has 6 nitrogen and oxygen atoms in total. The van der Waals surface area contributed by atoms with Crippen LogP contribution < -0.4 is 5.73 Å². The number of carboxylic acids is 1. The summed E-state index contributed by atoms with van der Waals surface area (Å²) in [5, 5.41) is 9.18. The van der Waals surface area contributed by atoms with Gasteiger partial charge in [0.25, 0.3) is 5.91 Å². The van der Waals surface area contributed by atoms with Crippen molar-refractivity contribution in [3.8, 4) is 0 Å². The summed E-state index contributed by atoms with van der Waals surface area (Å²) in [6.07, 6.45) is 2.19. The molecule has 0 radical (unpaired) electrons.